The van der Waals surface area contributed by atoms with Gasteiger partial charge in [0.2, 0.25) is 0 Å². The van der Waals surface area contributed by atoms with E-state index < -0.39 is 29.9 Å². The van der Waals surface area contributed by atoms with Gasteiger partial charge in [0, 0.05) is 6.54 Å². The van der Waals surface area contributed by atoms with E-state index in [9.17, 15) is 23.8 Å². The van der Waals surface area contributed by atoms with Crippen molar-refractivity contribution >= 4 is 6.09 Å². The van der Waals surface area contributed by atoms with Crippen LogP contribution in [0, 0.1) is 18.6 Å². The Kier molecular flexibility index (Phi) is 7.06. The molecule has 2 rings (SSSR count). The molecule has 0 heterocycles. The molecular weight excluding hydrogens is 344 g/mol. The second-order valence-electron chi connectivity index (χ2n) is 5.86. The van der Waals surface area contributed by atoms with Crippen molar-refractivity contribution in [1.82, 2.24) is 5.32 Å². The fraction of sp³-hybridized carbons (Fsp3) is 0.316. The number of amides is 1. The summed E-state index contributed by atoms with van der Waals surface area (Å²) < 4.78 is 31.7. The van der Waals surface area contributed by atoms with Gasteiger partial charge in [-0.2, -0.15) is 0 Å². The maximum atomic E-state index is 13.6. The summed E-state index contributed by atoms with van der Waals surface area (Å²) in [7, 11) is 0. The lowest BCUT2D eigenvalue weighted by molar-refractivity contribution is 0.0130. The summed E-state index contributed by atoms with van der Waals surface area (Å²) in [5, 5.41) is 22.6. The maximum Gasteiger partial charge on any atom is 0.407 e. The minimum atomic E-state index is -1.40. The zero-order chi connectivity index (χ0) is 19.1. The molecule has 0 aliphatic heterocycles. The van der Waals surface area contributed by atoms with Gasteiger partial charge >= 0.3 is 6.09 Å². The van der Waals surface area contributed by atoms with Crippen molar-refractivity contribution < 1.29 is 28.5 Å². The number of ether oxygens (including phenoxy) is 1. The van der Waals surface area contributed by atoms with Crippen LogP contribution in [0.5, 0.6) is 0 Å². The van der Waals surface area contributed by atoms with E-state index in [1.807, 2.05) is 30.3 Å². The molecule has 2 atom stereocenters. The highest BCUT2D eigenvalue weighted by atomic mass is 19.2. The minimum absolute atomic E-state index is 0.0139. The van der Waals surface area contributed by atoms with E-state index in [1.165, 1.54) is 13.0 Å². The summed E-state index contributed by atoms with van der Waals surface area (Å²) in [5.74, 6) is -2.08. The van der Waals surface area contributed by atoms with Crippen LogP contribution in [0.1, 0.15) is 29.2 Å². The number of rotatable bonds is 7. The van der Waals surface area contributed by atoms with Gasteiger partial charge in [-0.3, -0.25) is 0 Å². The molecule has 5 nitrogen and oxygen atoms in total. The van der Waals surface area contributed by atoms with E-state index in [0.717, 1.165) is 11.6 Å². The van der Waals surface area contributed by atoms with E-state index in [-0.39, 0.29) is 30.7 Å². The number of aliphatic hydroxyl groups excluding tert-OH is 2. The van der Waals surface area contributed by atoms with E-state index in [4.69, 9.17) is 4.74 Å². The highest BCUT2D eigenvalue weighted by molar-refractivity contribution is 5.67. The van der Waals surface area contributed by atoms with Crippen molar-refractivity contribution in [3.05, 3.63) is 70.8 Å². The quantitative estimate of drug-likeness (QED) is 0.705. The maximum absolute atomic E-state index is 13.6. The predicted molar refractivity (Wildman–Crippen MR) is 91.3 cm³/mol. The van der Waals surface area contributed by atoms with E-state index >= 15 is 0 Å². The number of hydrogen-bond donors (Lipinski definition) is 3. The Balaban J connectivity index is 1.78. The second kappa shape index (κ2) is 9.26. The number of halogens is 2. The largest absolute Gasteiger partial charge is 0.445 e. The van der Waals surface area contributed by atoms with Crippen molar-refractivity contribution in [1.29, 1.82) is 0 Å². The first-order chi connectivity index (χ1) is 12.4. The third-order valence-corrected chi connectivity index (χ3v) is 3.99. The van der Waals surface area contributed by atoms with Crippen LogP contribution < -0.4 is 5.32 Å². The lowest BCUT2D eigenvalue weighted by Gasteiger charge is -2.20. The molecule has 0 spiro atoms. The molecule has 2 unspecified atom stereocenters. The lowest BCUT2D eigenvalue weighted by atomic mass is 9.97. The van der Waals surface area contributed by atoms with Gasteiger partial charge in [-0.1, -0.05) is 36.4 Å². The molecule has 0 aliphatic carbocycles. The van der Waals surface area contributed by atoms with Crippen molar-refractivity contribution in [2.45, 2.75) is 32.2 Å². The molecule has 140 valence electrons. The van der Waals surface area contributed by atoms with Gasteiger partial charge in [0.25, 0.3) is 0 Å². The van der Waals surface area contributed by atoms with Gasteiger partial charge < -0.3 is 20.3 Å². The van der Waals surface area contributed by atoms with Gasteiger partial charge in [-0.05, 0) is 36.1 Å². The Hall–Kier alpha value is -2.51. The molecule has 0 radical (unpaired) electrons. The second-order valence-corrected chi connectivity index (χ2v) is 5.86. The summed E-state index contributed by atoms with van der Waals surface area (Å²) in [6.45, 7) is 1.49. The third kappa shape index (κ3) is 5.24. The van der Waals surface area contributed by atoms with Gasteiger partial charge in [0.1, 0.15) is 12.7 Å². The fourth-order valence-electron chi connectivity index (χ4n) is 2.45. The third-order valence-electron chi connectivity index (χ3n) is 3.99. The van der Waals surface area contributed by atoms with Crippen molar-refractivity contribution in [3.8, 4) is 0 Å². The number of alkyl carbamates (subject to hydrolysis) is 1. The molecule has 0 aromatic heterocycles. The smallest absolute Gasteiger partial charge is 0.407 e. The van der Waals surface area contributed by atoms with Crippen LogP contribution in [-0.4, -0.2) is 29.0 Å². The molecule has 2 aromatic rings. The topological polar surface area (TPSA) is 78.8 Å². The zero-order valence-corrected chi connectivity index (χ0v) is 14.3. The van der Waals surface area contributed by atoms with Crippen LogP contribution in [0.2, 0.25) is 0 Å². The SMILES string of the molecule is Cc1c(C(O)C(O)CCNC(=O)OCc2ccccc2)ccc(F)c1F. The van der Waals surface area contributed by atoms with Gasteiger partial charge in [-0.15, -0.1) is 0 Å². The number of aliphatic hydroxyl groups is 2. The highest BCUT2D eigenvalue weighted by Gasteiger charge is 2.22. The van der Waals surface area contributed by atoms with Gasteiger partial charge in [-0.25, -0.2) is 13.6 Å². The molecule has 7 heteroatoms. The standard InChI is InChI=1S/C19H21F2NO4/c1-12-14(7-8-15(20)17(12)21)18(24)16(23)9-10-22-19(25)26-11-13-5-3-2-4-6-13/h2-8,16,18,23-24H,9-11H2,1H3,(H,22,25). The van der Waals surface area contributed by atoms with Crippen molar-refractivity contribution in [3.63, 3.8) is 0 Å². The molecule has 0 fully saturated rings. The Morgan fingerprint density at radius 2 is 1.85 bits per heavy atom. The first-order valence-corrected chi connectivity index (χ1v) is 8.15. The Labute approximate surface area is 150 Å². The average Bonchev–Trinajstić information content (AvgIpc) is 2.65. The average molecular weight is 365 g/mol. The van der Waals surface area contributed by atoms with E-state index in [0.29, 0.717) is 0 Å². The van der Waals surface area contributed by atoms with Crippen LogP contribution in [0.25, 0.3) is 0 Å². The summed E-state index contributed by atoms with van der Waals surface area (Å²) >= 11 is 0. The number of benzene rings is 2. The Morgan fingerprint density at radius 3 is 2.54 bits per heavy atom. The molecule has 1 amide bonds. The summed E-state index contributed by atoms with van der Waals surface area (Å²) in [4.78, 5) is 11.6. The molecule has 2 aromatic carbocycles. The number of carbonyl (C=O) groups is 1. The van der Waals surface area contributed by atoms with Crippen molar-refractivity contribution in [2.75, 3.05) is 6.54 Å². The van der Waals surface area contributed by atoms with Gasteiger partial charge in [0.15, 0.2) is 11.6 Å². The van der Waals surface area contributed by atoms with Crippen LogP contribution in [-0.2, 0) is 11.3 Å². The van der Waals surface area contributed by atoms with E-state index in [2.05, 4.69) is 5.32 Å². The van der Waals surface area contributed by atoms with Crippen LogP contribution >= 0.6 is 0 Å². The molecule has 26 heavy (non-hydrogen) atoms. The summed E-state index contributed by atoms with van der Waals surface area (Å²) in [5.41, 5.74) is 0.877. The monoisotopic (exact) mass is 365 g/mol. The summed E-state index contributed by atoms with van der Waals surface area (Å²) in [6, 6.07) is 11.3. The zero-order valence-electron chi connectivity index (χ0n) is 14.3. The Morgan fingerprint density at radius 1 is 1.15 bits per heavy atom. The van der Waals surface area contributed by atoms with Crippen LogP contribution in [0.4, 0.5) is 13.6 Å². The predicted octanol–water partition coefficient (Wildman–Crippen LogP) is 2.98. The Bertz CT molecular complexity index is 740. The first kappa shape index (κ1) is 19.8. The molecule has 3 N–H and O–H groups in total. The lowest BCUT2D eigenvalue weighted by Crippen LogP contribution is -2.30. The highest BCUT2D eigenvalue weighted by Crippen LogP contribution is 2.25. The molecular formula is C19H21F2NO4. The molecule has 0 bridgehead atoms. The number of carbonyl (C=O) groups excluding carboxylic acids is 1. The minimum Gasteiger partial charge on any atom is -0.445 e. The summed E-state index contributed by atoms with van der Waals surface area (Å²) in [6.07, 6.45) is -3.29. The van der Waals surface area contributed by atoms with Gasteiger partial charge in [0.05, 0.1) is 6.10 Å². The molecule has 0 aliphatic rings. The number of nitrogens with one attached hydrogen (secondary N) is 1. The normalized spacial score (nSPS) is 13.1. The van der Waals surface area contributed by atoms with Crippen molar-refractivity contribution in [2.24, 2.45) is 0 Å². The first-order valence-electron chi connectivity index (χ1n) is 8.15. The molecule has 0 saturated carbocycles. The van der Waals surface area contributed by atoms with Crippen LogP contribution in [0.3, 0.4) is 0 Å². The van der Waals surface area contributed by atoms with Crippen LogP contribution in [0.15, 0.2) is 42.5 Å². The van der Waals surface area contributed by atoms with E-state index in [1.54, 1.807) is 0 Å². The fourth-order valence-corrected chi connectivity index (χ4v) is 2.45. The number of hydrogen-bond acceptors (Lipinski definition) is 4. The molecule has 0 saturated heterocycles.